The van der Waals surface area contributed by atoms with Crippen molar-refractivity contribution in [2.45, 2.75) is 64.2 Å². The first-order chi connectivity index (χ1) is 12.7. The molecule has 2 aliphatic rings. The number of methoxy groups -OCH3 is 1. The van der Waals surface area contributed by atoms with E-state index in [2.05, 4.69) is 25.1 Å². The van der Waals surface area contributed by atoms with Crippen molar-refractivity contribution in [3.8, 4) is 5.75 Å². The molecule has 2 aromatic rings. The molecule has 0 saturated heterocycles. The van der Waals surface area contributed by atoms with Gasteiger partial charge < -0.3 is 4.74 Å². The molecule has 0 amide bonds. The molecule has 2 aliphatic carbocycles. The molecule has 0 spiro atoms. The van der Waals surface area contributed by atoms with Crippen LogP contribution < -0.4 is 4.74 Å². The molecule has 2 aromatic carbocycles. The molecule has 4 unspecified atom stereocenters. The number of fused-ring (bicyclic) bond motifs is 2. The highest BCUT2D eigenvalue weighted by atomic mass is 19.1. The van der Waals surface area contributed by atoms with E-state index in [-0.39, 0.29) is 5.82 Å². The van der Waals surface area contributed by atoms with Crippen LogP contribution in [0.2, 0.25) is 0 Å². The first-order valence-corrected chi connectivity index (χ1v) is 10.4. The molecule has 4 rings (SSSR count). The minimum Gasteiger partial charge on any atom is -0.494 e. The van der Waals surface area contributed by atoms with Gasteiger partial charge in [0.2, 0.25) is 0 Å². The second kappa shape index (κ2) is 7.58. The third-order valence-corrected chi connectivity index (χ3v) is 7.02. The van der Waals surface area contributed by atoms with E-state index in [0.29, 0.717) is 11.7 Å². The first-order valence-electron chi connectivity index (χ1n) is 10.4. The molecule has 0 heterocycles. The predicted molar refractivity (Wildman–Crippen MR) is 106 cm³/mol. The van der Waals surface area contributed by atoms with E-state index in [9.17, 15) is 4.39 Å². The lowest BCUT2D eigenvalue weighted by atomic mass is 9.63. The number of rotatable bonds is 4. The molecule has 0 bridgehead atoms. The fourth-order valence-corrected chi connectivity index (χ4v) is 5.64. The Bertz CT molecular complexity index is 768. The Labute approximate surface area is 156 Å². The van der Waals surface area contributed by atoms with Crippen molar-refractivity contribution in [1.29, 1.82) is 0 Å². The molecule has 140 valence electrons. The molecule has 1 nitrogen and oxygen atoms in total. The summed E-state index contributed by atoms with van der Waals surface area (Å²) in [5.74, 6) is 3.55. The van der Waals surface area contributed by atoms with E-state index in [1.54, 1.807) is 12.1 Å². The van der Waals surface area contributed by atoms with Gasteiger partial charge in [0.25, 0.3) is 0 Å². The third-order valence-electron chi connectivity index (χ3n) is 7.02. The van der Waals surface area contributed by atoms with Crippen LogP contribution in [0.3, 0.4) is 0 Å². The van der Waals surface area contributed by atoms with Gasteiger partial charge in [0.15, 0.2) is 11.6 Å². The van der Waals surface area contributed by atoms with Gasteiger partial charge in [-0.3, -0.25) is 0 Å². The van der Waals surface area contributed by atoms with E-state index in [1.165, 1.54) is 64.0 Å². The standard InChI is InChI=1S/C24H31FO/c1-3-4-16-5-6-18-12-19(8-7-17(18)11-16)20-9-10-21-15-24(26-2)23(25)14-22(21)13-20/h9-10,13-19H,3-8,11-12H2,1-2H3. The summed E-state index contributed by atoms with van der Waals surface area (Å²) in [5, 5.41) is 2.05. The van der Waals surface area contributed by atoms with Crippen molar-refractivity contribution in [3.05, 3.63) is 41.7 Å². The van der Waals surface area contributed by atoms with Crippen LogP contribution in [-0.2, 0) is 0 Å². The molecule has 0 aromatic heterocycles. The van der Waals surface area contributed by atoms with Crippen LogP contribution in [0.25, 0.3) is 10.8 Å². The molecule has 2 heteroatoms. The zero-order valence-electron chi connectivity index (χ0n) is 16.1. The predicted octanol–water partition coefficient (Wildman–Crippen LogP) is 7.09. The maximum absolute atomic E-state index is 14.1. The van der Waals surface area contributed by atoms with Crippen LogP contribution in [0.15, 0.2) is 30.3 Å². The maximum Gasteiger partial charge on any atom is 0.165 e. The lowest BCUT2D eigenvalue weighted by Crippen LogP contribution is -2.30. The van der Waals surface area contributed by atoms with Crippen molar-refractivity contribution in [3.63, 3.8) is 0 Å². The summed E-state index contributed by atoms with van der Waals surface area (Å²) in [6, 6.07) is 10.0. The van der Waals surface area contributed by atoms with Crippen molar-refractivity contribution < 1.29 is 9.13 Å². The molecule has 4 atom stereocenters. The zero-order chi connectivity index (χ0) is 18.1. The van der Waals surface area contributed by atoms with Gasteiger partial charge in [-0.05, 0) is 84.2 Å². The highest BCUT2D eigenvalue weighted by Crippen LogP contribution is 2.48. The van der Waals surface area contributed by atoms with E-state index < -0.39 is 0 Å². The second-order valence-corrected chi connectivity index (χ2v) is 8.59. The summed E-state index contributed by atoms with van der Waals surface area (Å²) in [7, 11) is 1.52. The number of ether oxygens (including phenoxy) is 1. The average Bonchev–Trinajstić information content (AvgIpc) is 2.67. The first kappa shape index (κ1) is 17.8. The Kier molecular flexibility index (Phi) is 5.20. The lowest BCUT2D eigenvalue weighted by Gasteiger charge is -2.42. The van der Waals surface area contributed by atoms with E-state index in [4.69, 9.17) is 4.74 Å². The van der Waals surface area contributed by atoms with Crippen molar-refractivity contribution >= 4 is 10.8 Å². The highest BCUT2D eigenvalue weighted by molar-refractivity contribution is 5.84. The Balaban J connectivity index is 1.50. The van der Waals surface area contributed by atoms with Crippen LogP contribution in [0.5, 0.6) is 5.75 Å². The topological polar surface area (TPSA) is 9.23 Å². The third kappa shape index (κ3) is 3.48. The minimum atomic E-state index is -0.268. The molecule has 2 saturated carbocycles. The molecular formula is C24H31FO. The van der Waals surface area contributed by atoms with Gasteiger partial charge in [-0.15, -0.1) is 0 Å². The Hall–Kier alpha value is -1.57. The highest BCUT2D eigenvalue weighted by Gasteiger charge is 2.35. The fourth-order valence-electron chi connectivity index (χ4n) is 5.64. The van der Waals surface area contributed by atoms with Gasteiger partial charge >= 0.3 is 0 Å². The average molecular weight is 355 g/mol. The Morgan fingerprint density at radius 2 is 1.77 bits per heavy atom. The number of hydrogen-bond donors (Lipinski definition) is 0. The SMILES string of the molecule is CCCC1CCC2CC(c3ccc4cc(OC)c(F)cc4c3)CCC2C1. The van der Waals surface area contributed by atoms with Crippen molar-refractivity contribution in [2.24, 2.45) is 17.8 Å². The summed E-state index contributed by atoms with van der Waals surface area (Å²) >= 11 is 0. The van der Waals surface area contributed by atoms with E-state index in [0.717, 1.165) is 28.5 Å². The molecule has 0 N–H and O–H groups in total. The van der Waals surface area contributed by atoms with Gasteiger partial charge in [-0.2, -0.15) is 0 Å². The van der Waals surface area contributed by atoms with Gasteiger partial charge in [-0.1, -0.05) is 44.4 Å². The summed E-state index contributed by atoms with van der Waals surface area (Å²) in [6.07, 6.45) is 11.1. The largest absolute Gasteiger partial charge is 0.494 e. The molecule has 2 fully saturated rings. The minimum absolute atomic E-state index is 0.268. The van der Waals surface area contributed by atoms with Crippen LogP contribution in [0.4, 0.5) is 4.39 Å². The van der Waals surface area contributed by atoms with Crippen LogP contribution in [0, 0.1) is 23.6 Å². The normalized spacial score (nSPS) is 28.7. The summed E-state index contributed by atoms with van der Waals surface area (Å²) in [5.41, 5.74) is 1.40. The number of hydrogen-bond acceptors (Lipinski definition) is 1. The Morgan fingerprint density at radius 1 is 0.962 bits per heavy atom. The van der Waals surface area contributed by atoms with Crippen LogP contribution in [0.1, 0.15) is 69.8 Å². The van der Waals surface area contributed by atoms with Crippen LogP contribution in [-0.4, -0.2) is 7.11 Å². The smallest absolute Gasteiger partial charge is 0.165 e. The fraction of sp³-hybridized carbons (Fsp3) is 0.583. The van der Waals surface area contributed by atoms with Crippen molar-refractivity contribution in [1.82, 2.24) is 0 Å². The Morgan fingerprint density at radius 3 is 2.58 bits per heavy atom. The van der Waals surface area contributed by atoms with Gasteiger partial charge in [0, 0.05) is 0 Å². The summed E-state index contributed by atoms with van der Waals surface area (Å²) < 4.78 is 19.2. The summed E-state index contributed by atoms with van der Waals surface area (Å²) in [4.78, 5) is 0. The monoisotopic (exact) mass is 354 g/mol. The quantitative estimate of drug-likeness (QED) is 0.569. The van der Waals surface area contributed by atoms with Crippen molar-refractivity contribution in [2.75, 3.05) is 7.11 Å². The second-order valence-electron chi connectivity index (χ2n) is 8.59. The summed E-state index contributed by atoms with van der Waals surface area (Å²) in [6.45, 7) is 2.32. The van der Waals surface area contributed by atoms with Gasteiger partial charge in [-0.25, -0.2) is 4.39 Å². The molecule has 0 aliphatic heterocycles. The maximum atomic E-state index is 14.1. The van der Waals surface area contributed by atoms with Gasteiger partial charge in [0.05, 0.1) is 7.11 Å². The van der Waals surface area contributed by atoms with E-state index >= 15 is 0 Å². The molecule has 26 heavy (non-hydrogen) atoms. The molecular weight excluding hydrogens is 323 g/mol. The lowest BCUT2D eigenvalue weighted by molar-refractivity contribution is 0.114. The van der Waals surface area contributed by atoms with E-state index in [1.807, 2.05) is 0 Å². The van der Waals surface area contributed by atoms with Crippen LogP contribution >= 0.6 is 0 Å². The van der Waals surface area contributed by atoms with Gasteiger partial charge in [0.1, 0.15) is 0 Å². The number of benzene rings is 2. The number of halogens is 1. The zero-order valence-corrected chi connectivity index (χ0v) is 16.1. The molecule has 0 radical (unpaired) electrons.